The summed E-state index contributed by atoms with van der Waals surface area (Å²) in [5.74, 6) is 0.0976. The van der Waals surface area contributed by atoms with Crippen molar-refractivity contribution in [2.45, 2.75) is 32.3 Å². The second-order valence-corrected chi connectivity index (χ2v) is 6.74. The zero-order valence-corrected chi connectivity index (χ0v) is 14.2. The van der Waals surface area contributed by atoms with E-state index in [1.165, 1.54) is 16.9 Å². The van der Waals surface area contributed by atoms with Crippen LogP contribution in [0.1, 0.15) is 33.8 Å². The van der Waals surface area contributed by atoms with Gasteiger partial charge in [-0.1, -0.05) is 30.3 Å². The topological polar surface area (TPSA) is 42.4 Å². The average molecular weight is 330 g/mol. The zero-order valence-electron chi connectivity index (χ0n) is 13.4. The van der Waals surface area contributed by atoms with E-state index in [4.69, 9.17) is 4.74 Å². The Morgan fingerprint density at radius 2 is 2.22 bits per heavy atom. The molecular formula is C18H22N2O2S. The van der Waals surface area contributed by atoms with E-state index in [1.54, 1.807) is 5.51 Å². The smallest absolute Gasteiger partial charge is 0.265 e. The van der Waals surface area contributed by atoms with Gasteiger partial charge in [-0.15, -0.1) is 11.3 Å². The van der Waals surface area contributed by atoms with Crippen LogP contribution in [0.3, 0.4) is 0 Å². The van der Waals surface area contributed by atoms with Gasteiger partial charge in [0.05, 0.1) is 17.3 Å². The minimum atomic E-state index is 0.0976. The van der Waals surface area contributed by atoms with E-state index in [1.807, 2.05) is 17.9 Å². The van der Waals surface area contributed by atoms with Crippen molar-refractivity contribution in [1.82, 2.24) is 9.88 Å². The quantitative estimate of drug-likeness (QED) is 0.763. The van der Waals surface area contributed by atoms with E-state index < -0.39 is 0 Å². The maximum absolute atomic E-state index is 12.4. The molecule has 23 heavy (non-hydrogen) atoms. The average Bonchev–Trinajstić information content (AvgIpc) is 3.21. The van der Waals surface area contributed by atoms with Crippen LogP contribution in [0.2, 0.25) is 0 Å². The fourth-order valence-corrected chi connectivity index (χ4v) is 3.64. The molecule has 0 spiro atoms. The number of hydrogen-bond donors (Lipinski definition) is 0. The molecule has 122 valence electrons. The molecule has 5 heteroatoms. The van der Waals surface area contributed by atoms with Gasteiger partial charge in [0.25, 0.3) is 5.91 Å². The lowest BCUT2D eigenvalue weighted by Crippen LogP contribution is -2.30. The number of amides is 1. The molecule has 1 aliphatic heterocycles. The molecule has 0 bridgehead atoms. The molecule has 0 radical (unpaired) electrons. The summed E-state index contributed by atoms with van der Waals surface area (Å²) in [6.07, 6.45) is 3.15. The Balaban J connectivity index is 1.40. The van der Waals surface area contributed by atoms with Crippen molar-refractivity contribution in [1.29, 1.82) is 0 Å². The minimum Gasteiger partial charge on any atom is -0.376 e. The highest BCUT2D eigenvalue weighted by Gasteiger charge is 2.28. The molecule has 1 amide bonds. The third kappa shape index (κ3) is 4.18. The molecule has 2 aromatic rings. The first-order valence-corrected chi connectivity index (χ1v) is 8.97. The van der Waals surface area contributed by atoms with Gasteiger partial charge in [0.15, 0.2) is 0 Å². The molecule has 1 atom stereocenters. The van der Waals surface area contributed by atoms with Gasteiger partial charge in [0.1, 0.15) is 4.88 Å². The highest BCUT2D eigenvalue weighted by molar-refractivity contribution is 7.11. The van der Waals surface area contributed by atoms with Crippen molar-refractivity contribution in [3.05, 3.63) is 52.0 Å². The normalized spacial score (nSPS) is 17.6. The molecule has 1 aromatic heterocycles. The van der Waals surface area contributed by atoms with Gasteiger partial charge < -0.3 is 9.64 Å². The van der Waals surface area contributed by atoms with Crippen LogP contribution in [-0.4, -0.2) is 41.6 Å². The fourth-order valence-electron chi connectivity index (χ4n) is 2.87. The Bertz CT molecular complexity index is 641. The molecule has 0 N–H and O–H groups in total. The van der Waals surface area contributed by atoms with E-state index >= 15 is 0 Å². The highest BCUT2D eigenvalue weighted by atomic mass is 32.1. The summed E-state index contributed by atoms with van der Waals surface area (Å²) in [5.41, 5.74) is 3.91. The second-order valence-electron chi connectivity index (χ2n) is 5.89. The van der Waals surface area contributed by atoms with Gasteiger partial charge >= 0.3 is 0 Å². The van der Waals surface area contributed by atoms with Crippen LogP contribution >= 0.6 is 11.3 Å². The van der Waals surface area contributed by atoms with E-state index in [9.17, 15) is 4.79 Å². The molecule has 4 nitrogen and oxygen atoms in total. The maximum atomic E-state index is 12.4. The summed E-state index contributed by atoms with van der Waals surface area (Å²) in [7, 11) is 0. The highest BCUT2D eigenvalue weighted by Crippen LogP contribution is 2.20. The summed E-state index contributed by atoms with van der Waals surface area (Å²) in [5, 5.41) is 0. The van der Waals surface area contributed by atoms with Gasteiger partial charge in [-0.25, -0.2) is 4.98 Å². The van der Waals surface area contributed by atoms with Gasteiger partial charge in [-0.2, -0.15) is 0 Å². The van der Waals surface area contributed by atoms with Crippen LogP contribution in [0, 0.1) is 6.92 Å². The zero-order chi connectivity index (χ0) is 16.1. The number of carbonyl (C=O) groups is 1. The number of benzene rings is 1. The first kappa shape index (κ1) is 16.1. The van der Waals surface area contributed by atoms with Crippen LogP contribution in [0.15, 0.2) is 35.8 Å². The van der Waals surface area contributed by atoms with Crippen LogP contribution in [0.25, 0.3) is 0 Å². The van der Waals surface area contributed by atoms with Crippen molar-refractivity contribution in [3.63, 3.8) is 0 Å². The van der Waals surface area contributed by atoms with E-state index in [0.717, 1.165) is 43.0 Å². The number of likely N-dealkylation sites (tertiary alicyclic amines) is 1. The third-order valence-corrected chi connectivity index (χ3v) is 5.09. The first-order chi connectivity index (χ1) is 11.2. The minimum absolute atomic E-state index is 0.0976. The lowest BCUT2D eigenvalue weighted by Gasteiger charge is -2.16. The SMILES string of the molecule is Cc1ncsc1C(=O)N1CC[C@@H](OCCCc2ccccc2)C1. The number of ether oxygens (including phenoxy) is 1. The monoisotopic (exact) mass is 330 g/mol. The summed E-state index contributed by atoms with van der Waals surface area (Å²) in [6.45, 7) is 4.11. The standard InChI is InChI=1S/C18H22N2O2S/c1-14-17(23-13-19-14)18(21)20-10-9-16(12-20)22-11-5-8-15-6-3-2-4-7-15/h2-4,6-7,13,16H,5,8-12H2,1H3/t16-/m1/s1. The van der Waals surface area contributed by atoms with Crippen molar-refractivity contribution >= 4 is 17.2 Å². The molecular weight excluding hydrogens is 308 g/mol. The number of thiazole rings is 1. The van der Waals surface area contributed by atoms with E-state index in [0.29, 0.717) is 6.54 Å². The Labute approximate surface area is 141 Å². The number of aromatic nitrogens is 1. The van der Waals surface area contributed by atoms with Crippen molar-refractivity contribution in [2.75, 3.05) is 19.7 Å². The summed E-state index contributed by atoms with van der Waals surface area (Å²) in [4.78, 5) is 19.2. The van der Waals surface area contributed by atoms with Crippen molar-refractivity contribution < 1.29 is 9.53 Å². The molecule has 1 aromatic carbocycles. The van der Waals surface area contributed by atoms with Gasteiger partial charge in [0.2, 0.25) is 0 Å². The number of aryl methyl sites for hydroxylation is 2. The summed E-state index contributed by atoms with van der Waals surface area (Å²) < 4.78 is 5.95. The molecule has 0 aliphatic carbocycles. The lowest BCUT2D eigenvalue weighted by atomic mass is 10.1. The Morgan fingerprint density at radius 1 is 1.39 bits per heavy atom. The van der Waals surface area contributed by atoms with Crippen molar-refractivity contribution in [2.24, 2.45) is 0 Å². The Kier molecular flexibility index (Phi) is 5.41. The molecule has 3 rings (SSSR count). The largest absolute Gasteiger partial charge is 0.376 e. The second kappa shape index (κ2) is 7.70. The van der Waals surface area contributed by atoms with Crippen LogP contribution in [-0.2, 0) is 11.2 Å². The third-order valence-electron chi connectivity index (χ3n) is 4.18. The Hall–Kier alpha value is -1.72. The summed E-state index contributed by atoms with van der Waals surface area (Å²) >= 11 is 1.42. The van der Waals surface area contributed by atoms with Gasteiger partial charge in [0, 0.05) is 19.7 Å². The van der Waals surface area contributed by atoms with Gasteiger partial charge in [-0.3, -0.25) is 4.79 Å². The molecule has 1 aliphatic rings. The first-order valence-electron chi connectivity index (χ1n) is 8.09. The number of hydrogen-bond acceptors (Lipinski definition) is 4. The van der Waals surface area contributed by atoms with Crippen LogP contribution in [0.5, 0.6) is 0 Å². The predicted octanol–water partition coefficient (Wildman–Crippen LogP) is 3.32. The maximum Gasteiger partial charge on any atom is 0.265 e. The number of carbonyl (C=O) groups excluding carboxylic acids is 1. The molecule has 1 saturated heterocycles. The predicted molar refractivity (Wildman–Crippen MR) is 91.9 cm³/mol. The molecule has 0 saturated carbocycles. The van der Waals surface area contributed by atoms with Crippen LogP contribution < -0.4 is 0 Å². The molecule has 2 heterocycles. The number of nitrogens with zero attached hydrogens (tertiary/aromatic N) is 2. The van der Waals surface area contributed by atoms with Gasteiger partial charge in [-0.05, 0) is 31.7 Å². The lowest BCUT2D eigenvalue weighted by molar-refractivity contribution is 0.0526. The van der Waals surface area contributed by atoms with Crippen molar-refractivity contribution in [3.8, 4) is 0 Å². The van der Waals surface area contributed by atoms with E-state index in [-0.39, 0.29) is 12.0 Å². The Morgan fingerprint density at radius 3 is 2.96 bits per heavy atom. The molecule has 1 fully saturated rings. The van der Waals surface area contributed by atoms with Crippen LogP contribution in [0.4, 0.5) is 0 Å². The summed E-state index contributed by atoms with van der Waals surface area (Å²) in [6, 6.07) is 10.5. The fraction of sp³-hybridized carbons (Fsp3) is 0.444. The molecule has 0 unspecified atom stereocenters. The number of rotatable bonds is 6. The van der Waals surface area contributed by atoms with E-state index in [2.05, 4.69) is 29.2 Å².